The minimum absolute atomic E-state index is 0.0109. The van der Waals surface area contributed by atoms with Crippen LogP contribution >= 0.6 is 0 Å². The van der Waals surface area contributed by atoms with Gasteiger partial charge in [0.1, 0.15) is 0 Å². The summed E-state index contributed by atoms with van der Waals surface area (Å²) in [4.78, 5) is 26.3. The molecule has 0 atom stereocenters. The van der Waals surface area contributed by atoms with Gasteiger partial charge >= 0.3 is 0 Å². The van der Waals surface area contributed by atoms with Gasteiger partial charge in [-0.1, -0.05) is 18.2 Å². The van der Waals surface area contributed by atoms with E-state index < -0.39 is 0 Å². The van der Waals surface area contributed by atoms with Crippen LogP contribution in [0.2, 0.25) is 0 Å². The zero-order valence-corrected chi connectivity index (χ0v) is 16.6. The van der Waals surface area contributed by atoms with E-state index in [0.717, 1.165) is 11.3 Å². The summed E-state index contributed by atoms with van der Waals surface area (Å²) >= 11 is 0. The lowest BCUT2D eigenvalue weighted by molar-refractivity contribution is -0.111. The Balaban J connectivity index is 1.59. The average Bonchev–Trinajstić information content (AvgIpc) is 3.23. The maximum absolute atomic E-state index is 12.3. The second-order valence-corrected chi connectivity index (χ2v) is 6.43. The van der Waals surface area contributed by atoms with Crippen molar-refractivity contribution in [2.45, 2.75) is 13.8 Å². The Hall–Kier alpha value is -3.67. The van der Waals surface area contributed by atoms with Crippen molar-refractivity contribution in [3.63, 3.8) is 0 Å². The molecule has 1 heterocycles. The Kier molecular flexibility index (Phi) is 6.58. The zero-order chi connectivity index (χ0) is 20.6. The Bertz CT molecular complexity index is 987. The van der Waals surface area contributed by atoms with E-state index in [9.17, 15) is 9.59 Å². The van der Waals surface area contributed by atoms with Crippen molar-refractivity contribution in [3.05, 3.63) is 84.2 Å². The number of nitrogens with one attached hydrogen (secondary N) is 1. The van der Waals surface area contributed by atoms with Crippen molar-refractivity contribution in [3.8, 4) is 5.69 Å². The Morgan fingerprint density at radius 1 is 1.03 bits per heavy atom. The van der Waals surface area contributed by atoms with Gasteiger partial charge in [-0.2, -0.15) is 5.10 Å². The molecule has 2 amide bonds. The number of carbonyl (C=O) groups excluding carboxylic acids is 2. The molecule has 1 N–H and O–H groups in total. The third kappa shape index (κ3) is 5.19. The fraction of sp³-hybridized carbons (Fsp3) is 0.174. The zero-order valence-electron chi connectivity index (χ0n) is 16.6. The predicted molar refractivity (Wildman–Crippen MR) is 115 cm³/mol. The van der Waals surface area contributed by atoms with Gasteiger partial charge in [0.25, 0.3) is 5.91 Å². The molecule has 0 aliphatic rings. The number of carbonyl (C=O) groups is 2. The van der Waals surface area contributed by atoms with E-state index in [0.29, 0.717) is 24.3 Å². The summed E-state index contributed by atoms with van der Waals surface area (Å²) in [6, 6.07) is 16.7. The summed E-state index contributed by atoms with van der Waals surface area (Å²) in [5.74, 6) is -0.261. The van der Waals surface area contributed by atoms with Gasteiger partial charge in [-0.25, -0.2) is 4.68 Å². The first-order chi connectivity index (χ1) is 14.1. The van der Waals surface area contributed by atoms with Crippen LogP contribution in [0.25, 0.3) is 11.8 Å². The molecule has 0 unspecified atom stereocenters. The van der Waals surface area contributed by atoms with Gasteiger partial charge in [0.2, 0.25) is 5.91 Å². The van der Waals surface area contributed by atoms with E-state index in [2.05, 4.69) is 10.4 Å². The maximum Gasteiger partial charge on any atom is 0.253 e. The molecular weight excluding hydrogens is 364 g/mol. The molecule has 3 aromatic rings. The largest absolute Gasteiger partial charge is 0.339 e. The standard InChI is InChI=1S/C23H24N4O2/c1-3-26(4-2)23(29)19-11-13-20(14-12-19)25-22(28)15-10-18-16-24-27(17-18)21-8-6-5-7-9-21/h5-17H,3-4H2,1-2H3,(H,25,28)/b15-10+. The average molecular weight is 388 g/mol. The van der Waals surface area contributed by atoms with Crippen LogP contribution in [0.15, 0.2) is 73.1 Å². The van der Waals surface area contributed by atoms with Crippen LogP contribution in [0.3, 0.4) is 0 Å². The molecule has 29 heavy (non-hydrogen) atoms. The minimum Gasteiger partial charge on any atom is -0.339 e. The van der Waals surface area contributed by atoms with Gasteiger partial charge in [-0.15, -0.1) is 0 Å². The molecule has 148 valence electrons. The molecule has 0 aliphatic heterocycles. The summed E-state index contributed by atoms with van der Waals surface area (Å²) in [5, 5.41) is 7.10. The SMILES string of the molecule is CCN(CC)C(=O)c1ccc(NC(=O)/C=C/c2cnn(-c3ccccc3)c2)cc1. The number of hydrogen-bond donors (Lipinski definition) is 1. The van der Waals surface area contributed by atoms with E-state index in [4.69, 9.17) is 0 Å². The fourth-order valence-corrected chi connectivity index (χ4v) is 2.89. The highest BCUT2D eigenvalue weighted by Gasteiger charge is 2.12. The third-order valence-electron chi connectivity index (χ3n) is 4.50. The Labute approximate surface area is 170 Å². The number of amides is 2. The van der Waals surface area contributed by atoms with E-state index in [1.165, 1.54) is 6.08 Å². The number of para-hydroxylation sites is 1. The van der Waals surface area contributed by atoms with Gasteiger partial charge < -0.3 is 10.2 Å². The lowest BCUT2D eigenvalue weighted by atomic mass is 10.1. The minimum atomic E-state index is -0.250. The highest BCUT2D eigenvalue weighted by atomic mass is 16.2. The van der Waals surface area contributed by atoms with Gasteiger partial charge in [-0.3, -0.25) is 9.59 Å². The molecule has 6 nitrogen and oxygen atoms in total. The van der Waals surface area contributed by atoms with E-state index >= 15 is 0 Å². The summed E-state index contributed by atoms with van der Waals surface area (Å²) in [6.45, 7) is 5.23. The molecule has 6 heteroatoms. The smallest absolute Gasteiger partial charge is 0.253 e. The number of anilines is 1. The summed E-state index contributed by atoms with van der Waals surface area (Å²) in [7, 11) is 0. The number of rotatable bonds is 7. The Morgan fingerprint density at radius 3 is 2.38 bits per heavy atom. The number of hydrogen-bond acceptors (Lipinski definition) is 3. The van der Waals surface area contributed by atoms with Gasteiger partial charge in [0.05, 0.1) is 11.9 Å². The Morgan fingerprint density at radius 2 is 1.72 bits per heavy atom. The van der Waals surface area contributed by atoms with Crippen LogP contribution in [-0.2, 0) is 4.79 Å². The van der Waals surface area contributed by atoms with Crippen molar-refractivity contribution in [1.29, 1.82) is 0 Å². The van der Waals surface area contributed by atoms with Gasteiger partial charge in [0.15, 0.2) is 0 Å². The van der Waals surface area contributed by atoms with E-state index in [-0.39, 0.29) is 11.8 Å². The summed E-state index contributed by atoms with van der Waals surface area (Å²) in [6.07, 6.45) is 6.72. The second-order valence-electron chi connectivity index (χ2n) is 6.43. The van der Waals surface area contributed by atoms with Crippen LogP contribution in [0.4, 0.5) is 5.69 Å². The van der Waals surface area contributed by atoms with Gasteiger partial charge in [0, 0.05) is 42.2 Å². The van der Waals surface area contributed by atoms with Crippen LogP contribution < -0.4 is 5.32 Å². The number of aromatic nitrogens is 2. The van der Waals surface area contributed by atoms with Crippen LogP contribution in [0.1, 0.15) is 29.8 Å². The summed E-state index contributed by atoms with van der Waals surface area (Å²) in [5.41, 5.74) is 3.02. The van der Waals surface area contributed by atoms with E-state index in [1.54, 1.807) is 46.1 Å². The molecule has 0 bridgehead atoms. The molecule has 0 aliphatic carbocycles. The van der Waals surface area contributed by atoms with Crippen molar-refractivity contribution < 1.29 is 9.59 Å². The molecular formula is C23H24N4O2. The normalized spacial score (nSPS) is 10.8. The molecule has 2 aromatic carbocycles. The third-order valence-corrected chi connectivity index (χ3v) is 4.50. The number of benzene rings is 2. The maximum atomic E-state index is 12.3. The number of nitrogens with zero attached hydrogens (tertiary/aromatic N) is 3. The monoisotopic (exact) mass is 388 g/mol. The molecule has 0 spiro atoms. The highest BCUT2D eigenvalue weighted by Crippen LogP contribution is 2.13. The molecule has 0 saturated heterocycles. The van der Waals surface area contributed by atoms with Crippen molar-refractivity contribution in [2.75, 3.05) is 18.4 Å². The first-order valence-corrected chi connectivity index (χ1v) is 9.59. The molecule has 1 aromatic heterocycles. The molecule has 0 radical (unpaired) electrons. The van der Waals surface area contributed by atoms with Crippen LogP contribution in [0.5, 0.6) is 0 Å². The fourth-order valence-electron chi connectivity index (χ4n) is 2.89. The second kappa shape index (κ2) is 9.50. The van der Waals surface area contributed by atoms with Crippen molar-refractivity contribution >= 4 is 23.6 Å². The van der Waals surface area contributed by atoms with Crippen LogP contribution in [-0.4, -0.2) is 39.6 Å². The molecule has 3 rings (SSSR count). The van der Waals surface area contributed by atoms with Crippen LogP contribution in [0, 0.1) is 0 Å². The predicted octanol–water partition coefficient (Wildman–Crippen LogP) is 4.01. The highest BCUT2D eigenvalue weighted by molar-refractivity contribution is 6.02. The first kappa shape index (κ1) is 20.1. The lowest BCUT2D eigenvalue weighted by Crippen LogP contribution is -2.30. The first-order valence-electron chi connectivity index (χ1n) is 9.59. The van der Waals surface area contributed by atoms with Crippen molar-refractivity contribution in [2.24, 2.45) is 0 Å². The van der Waals surface area contributed by atoms with Gasteiger partial charge in [-0.05, 0) is 56.3 Å². The lowest BCUT2D eigenvalue weighted by Gasteiger charge is -2.18. The topological polar surface area (TPSA) is 67.2 Å². The summed E-state index contributed by atoms with van der Waals surface area (Å²) < 4.78 is 1.75. The van der Waals surface area contributed by atoms with Crippen molar-refractivity contribution in [1.82, 2.24) is 14.7 Å². The van der Waals surface area contributed by atoms with E-state index in [1.807, 2.05) is 50.4 Å². The molecule has 0 fully saturated rings. The quantitative estimate of drug-likeness (QED) is 0.622. The molecule has 0 saturated carbocycles.